The molecule has 0 aliphatic heterocycles. The molecule has 188 valence electrons. The van der Waals surface area contributed by atoms with Crippen LogP contribution in [0.15, 0.2) is 46.9 Å². The number of carbonyl (C=O) groups is 3. The van der Waals surface area contributed by atoms with Crippen LogP contribution in [0.4, 0.5) is 4.79 Å². The zero-order valence-electron chi connectivity index (χ0n) is 19.5. The molecule has 1 amide bonds. The van der Waals surface area contributed by atoms with E-state index >= 15 is 0 Å². The number of carboxylic acids is 2. The van der Waals surface area contributed by atoms with Crippen LogP contribution in [0.5, 0.6) is 0 Å². The first kappa shape index (κ1) is 24.8. The first-order valence-corrected chi connectivity index (χ1v) is 13.6. The van der Waals surface area contributed by atoms with Gasteiger partial charge in [0.25, 0.3) is 0 Å². The molecule has 0 saturated heterocycles. The molecule has 7 nitrogen and oxygen atoms in total. The van der Waals surface area contributed by atoms with Crippen LogP contribution < -0.4 is 0 Å². The van der Waals surface area contributed by atoms with Crippen LogP contribution in [0.3, 0.4) is 0 Å². The number of carbonyl (C=O) groups excluding carboxylic acids is 1. The SMILES string of the molecule is O=C(O)c1ccc(-c2sc3ccc(CN(CC4(C(=O)O)CCCC4)C(=O)OC4CC4)cc3c2Br)cc1. The number of thiophene rings is 1. The molecule has 9 heteroatoms. The number of ether oxygens (including phenoxy) is 1. The maximum atomic E-state index is 13.0. The van der Waals surface area contributed by atoms with Crippen LogP contribution in [0.2, 0.25) is 0 Å². The summed E-state index contributed by atoms with van der Waals surface area (Å²) in [7, 11) is 0. The number of fused-ring (bicyclic) bond motifs is 1. The third-order valence-corrected chi connectivity index (χ3v) is 9.32. The number of halogens is 1. The van der Waals surface area contributed by atoms with E-state index in [9.17, 15) is 19.5 Å². The lowest BCUT2D eigenvalue weighted by atomic mass is 9.85. The largest absolute Gasteiger partial charge is 0.481 e. The average Bonchev–Trinajstić information content (AvgIpc) is 3.43. The summed E-state index contributed by atoms with van der Waals surface area (Å²) in [5.74, 6) is -1.81. The Labute approximate surface area is 220 Å². The highest BCUT2D eigenvalue weighted by atomic mass is 79.9. The number of hydrogen-bond acceptors (Lipinski definition) is 5. The van der Waals surface area contributed by atoms with Crippen molar-refractivity contribution in [1.29, 1.82) is 0 Å². The molecule has 2 aromatic carbocycles. The fraction of sp³-hybridized carbons (Fsp3) is 0.370. The summed E-state index contributed by atoms with van der Waals surface area (Å²) in [6, 6.07) is 12.7. The number of amides is 1. The number of rotatable bonds is 8. The van der Waals surface area contributed by atoms with Gasteiger partial charge in [0.2, 0.25) is 0 Å². The summed E-state index contributed by atoms with van der Waals surface area (Å²) in [5, 5.41) is 20.1. The Hall–Kier alpha value is -2.91. The second kappa shape index (κ2) is 9.86. The molecule has 0 unspecified atom stereocenters. The van der Waals surface area contributed by atoms with Gasteiger partial charge < -0.3 is 19.8 Å². The lowest BCUT2D eigenvalue weighted by Crippen LogP contribution is -2.44. The van der Waals surface area contributed by atoms with E-state index in [4.69, 9.17) is 9.84 Å². The summed E-state index contributed by atoms with van der Waals surface area (Å²) in [6.07, 6.45) is 4.02. The van der Waals surface area contributed by atoms with Gasteiger partial charge in [-0.2, -0.15) is 0 Å². The minimum Gasteiger partial charge on any atom is -0.481 e. The molecule has 1 heterocycles. The highest BCUT2D eigenvalue weighted by Crippen LogP contribution is 2.43. The molecule has 2 fully saturated rings. The van der Waals surface area contributed by atoms with E-state index in [0.29, 0.717) is 12.8 Å². The lowest BCUT2D eigenvalue weighted by molar-refractivity contribution is -0.149. The summed E-state index contributed by atoms with van der Waals surface area (Å²) >= 11 is 5.31. The van der Waals surface area contributed by atoms with Crippen molar-refractivity contribution >= 4 is 55.4 Å². The number of aromatic carboxylic acids is 1. The minimum atomic E-state index is -0.964. The van der Waals surface area contributed by atoms with Crippen LogP contribution in [0, 0.1) is 5.41 Å². The normalized spacial score (nSPS) is 16.7. The zero-order valence-corrected chi connectivity index (χ0v) is 21.9. The molecule has 2 aliphatic carbocycles. The van der Waals surface area contributed by atoms with Gasteiger partial charge in [-0.15, -0.1) is 11.3 Å². The first-order chi connectivity index (χ1) is 17.3. The average molecular weight is 572 g/mol. The van der Waals surface area contributed by atoms with Crippen LogP contribution in [-0.2, 0) is 16.1 Å². The van der Waals surface area contributed by atoms with Gasteiger partial charge in [0.15, 0.2) is 0 Å². The smallest absolute Gasteiger partial charge is 0.410 e. The number of carboxylic acid groups (broad SMARTS) is 2. The van der Waals surface area contributed by atoms with E-state index in [1.54, 1.807) is 40.5 Å². The maximum Gasteiger partial charge on any atom is 0.410 e. The molecule has 0 radical (unpaired) electrons. The monoisotopic (exact) mass is 571 g/mol. The Bertz CT molecular complexity index is 1320. The molecule has 0 bridgehead atoms. The fourth-order valence-corrected chi connectivity index (χ4v) is 6.84. The van der Waals surface area contributed by atoms with Crippen LogP contribution in [0.1, 0.15) is 54.4 Å². The lowest BCUT2D eigenvalue weighted by Gasteiger charge is -2.31. The molecule has 1 aromatic heterocycles. The van der Waals surface area contributed by atoms with Gasteiger partial charge >= 0.3 is 18.0 Å². The van der Waals surface area contributed by atoms with Crippen LogP contribution in [-0.4, -0.2) is 45.8 Å². The molecule has 5 rings (SSSR count). The highest BCUT2D eigenvalue weighted by molar-refractivity contribution is 9.10. The predicted octanol–water partition coefficient (Wildman–Crippen LogP) is 6.78. The molecular formula is C27H26BrNO6S. The summed E-state index contributed by atoms with van der Waals surface area (Å²) < 4.78 is 7.52. The maximum absolute atomic E-state index is 13.0. The van der Waals surface area contributed by atoms with Gasteiger partial charge in [0.1, 0.15) is 6.10 Å². The van der Waals surface area contributed by atoms with E-state index in [2.05, 4.69) is 15.9 Å². The number of hydrogen-bond donors (Lipinski definition) is 2. The van der Waals surface area contributed by atoms with E-state index in [-0.39, 0.29) is 24.8 Å². The summed E-state index contributed by atoms with van der Waals surface area (Å²) in [4.78, 5) is 38.9. The zero-order chi connectivity index (χ0) is 25.4. The van der Waals surface area contributed by atoms with Gasteiger partial charge in [0, 0.05) is 32.5 Å². The van der Waals surface area contributed by atoms with Crippen molar-refractivity contribution in [3.8, 4) is 10.4 Å². The first-order valence-electron chi connectivity index (χ1n) is 12.0. The Morgan fingerprint density at radius 1 is 1.06 bits per heavy atom. The predicted molar refractivity (Wildman–Crippen MR) is 140 cm³/mol. The molecule has 36 heavy (non-hydrogen) atoms. The van der Waals surface area contributed by atoms with E-state index in [1.807, 2.05) is 18.2 Å². The van der Waals surface area contributed by atoms with Crippen molar-refractivity contribution in [3.63, 3.8) is 0 Å². The van der Waals surface area contributed by atoms with Gasteiger partial charge in [-0.3, -0.25) is 4.79 Å². The van der Waals surface area contributed by atoms with Gasteiger partial charge in [-0.1, -0.05) is 31.0 Å². The van der Waals surface area contributed by atoms with Crippen molar-refractivity contribution in [1.82, 2.24) is 4.90 Å². The van der Waals surface area contributed by atoms with Crippen LogP contribution in [0.25, 0.3) is 20.5 Å². The number of aliphatic carboxylic acids is 1. The molecule has 0 spiro atoms. The van der Waals surface area contributed by atoms with Crippen molar-refractivity contribution in [2.75, 3.05) is 6.54 Å². The standard InChI is InChI=1S/C27H26BrNO6S/c28-22-20-13-16(3-10-21(20)36-23(22)17-4-6-18(7-5-17)24(30)31)14-29(26(34)35-19-8-9-19)15-27(25(32)33)11-1-2-12-27/h3-7,10,13,19H,1-2,8-9,11-12,14-15H2,(H,30,31)(H,32,33). The van der Waals surface area contributed by atoms with Gasteiger partial charge in [-0.25, -0.2) is 9.59 Å². The number of nitrogens with zero attached hydrogens (tertiary/aromatic N) is 1. The molecule has 2 N–H and O–H groups in total. The van der Waals surface area contributed by atoms with Gasteiger partial charge in [0.05, 0.1) is 11.0 Å². The van der Waals surface area contributed by atoms with Crippen molar-refractivity contribution in [3.05, 3.63) is 58.1 Å². The fourth-order valence-electron chi connectivity index (χ4n) is 4.83. The Kier molecular flexibility index (Phi) is 6.78. The molecule has 3 aromatic rings. The van der Waals surface area contributed by atoms with Gasteiger partial charge in [-0.05, 0) is 77.0 Å². The molecule has 2 aliphatic rings. The van der Waals surface area contributed by atoms with Crippen molar-refractivity contribution in [2.24, 2.45) is 5.41 Å². The Morgan fingerprint density at radius 2 is 1.75 bits per heavy atom. The quantitative estimate of drug-likeness (QED) is 0.309. The van der Waals surface area contributed by atoms with E-state index in [0.717, 1.165) is 56.2 Å². The molecule has 2 saturated carbocycles. The summed E-state index contributed by atoms with van der Waals surface area (Å²) in [5.41, 5.74) is 1.11. The second-order valence-corrected chi connectivity index (χ2v) is 11.5. The van der Waals surface area contributed by atoms with Crippen molar-refractivity contribution in [2.45, 2.75) is 51.2 Å². The molecule has 0 atom stereocenters. The van der Waals surface area contributed by atoms with Crippen molar-refractivity contribution < 1.29 is 29.3 Å². The molecular weight excluding hydrogens is 546 g/mol. The topological polar surface area (TPSA) is 104 Å². The minimum absolute atomic E-state index is 0.0621. The Balaban J connectivity index is 1.43. The van der Waals surface area contributed by atoms with E-state index < -0.39 is 23.4 Å². The second-order valence-electron chi connectivity index (χ2n) is 9.69. The third-order valence-electron chi connectivity index (χ3n) is 7.02. The highest BCUT2D eigenvalue weighted by Gasteiger charge is 2.44. The third kappa shape index (κ3) is 4.99. The summed E-state index contributed by atoms with van der Waals surface area (Å²) in [6.45, 7) is 0.402. The number of benzene rings is 2. The van der Waals surface area contributed by atoms with Crippen LogP contribution >= 0.6 is 27.3 Å². The van der Waals surface area contributed by atoms with E-state index in [1.165, 1.54) is 0 Å². The Morgan fingerprint density at radius 3 is 2.36 bits per heavy atom.